The molecule has 1 aromatic carbocycles. The van der Waals surface area contributed by atoms with Crippen LogP contribution in [0.25, 0.3) is 0 Å². The predicted molar refractivity (Wildman–Crippen MR) is 73.2 cm³/mol. The van der Waals surface area contributed by atoms with Crippen LogP contribution in [-0.4, -0.2) is 5.75 Å². The fourth-order valence-corrected chi connectivity index (χ4v) is 2.52. The zero-order valence-electron chi connectivity index (χ0n) is 10.4. The van der Waals surface area contributed by atoms with Crippen LogP contribution >= 0.6 is 11.8 Å². The molecule has 0 unspecified atom stereocenters. The topological polar surface area (TPSA) is 3.88 Å². The molecule has 2 heteroatoms. The molecule has 2 rings (SSSR count). The maximum absolute atomic E-state index is 2.20. The zero-order valence-corrected chi connectivity index (χ0v) is 11.2. The summed E-state index contributed by atoms with van der Waals surface area (Å²) in [5, 5.41) is 0. The first-order chi connectivity index (χ1) is 8.24. The van der Waals surface area contributed by atoms with Crippen molar-refractivity contribution >= 4 is 11.8 Å². The van der Waals surface area contributed by atoms with E-state index in [1.54, 1.807) is 0 Å². The summed E-state index contributed by atoms with van der Waals surface area (Å²) in [5.41, 5.74) is 2.73. The number of aromatic nitrogens is 1. The Balaban J connectivity index is 1.83. The van der Waals surface area contributed by atoms with Crippen molar-refractivity contribution in [3.05, 3.63) is 59.9 Å². The number of hydrogen-bond acceptors (Lipinski definition) is 1. The molecule has 0 N–H and O–H groups in total. The van der Waals surface area contributed by atoms with Gasteiger partial charge in [0.05, 0.1) is 0 Å². The van der Waals surface area contributed by atoms with E-state index in [0.717, 1.165) is 12.2 Å². The van der Waals surface area contributed by atoms with Crippen molar-refractivity contribution in [1.29, 1.82) is 0 Å². The minimum absolute atomic E-state index is 1.12. The van der Waals surface area contributed by atoms with Crippen molar-refractivity contribution < 1.29 is 4.57 Å². The Kier molecular flexibility index (Phi) is 4.21. The van der Waals surface area contributed by atoms with Crippen LogP contribution in [0.3, 0.4) is 0 Å². The zero-order chi connectivity index (χ0) is 12.1. The van der Waals surface area contributed by atoms with E-state index in [1.807, 2.05) is 18.8 Å². The fraction of sp³-hybridized carbons (Fsp3) is 0.267. The first kappa shape index (κ1) is 12.2. The predicted octanol–water partition coefficient (Wildman–Crippen LogP) is 3.15. The number of nitrogens with zero attached hydrogens (tertiary/aromatic N) is 1. The van der Waals surface area contributed by atoms with Crippen molar-refractivity contribution in [2.24, 2.45) is 7.05 Å². The van der Waals surface area contributed by atoms with Crippen LogP contribution in [0.1, 0.15) is 11.1 Å². The van der Waals surface area contributed by atoms with E-state index in [1.165, 1.54) is 16.0 Å². The van der Waals surface area contributed by atoms with Crippen LogP contribution in [-0.2, 0) is 13.5 Å². The number of aryl methyl sites for hydroxylation is 3. The molecule has 0 aliphatic heterocycles. The summed E-state index contributed by atoms with van der Waals surface area (Å²) in [5.74, 6) is 1.14. The Morgan fingerprint density at radius 3 is 2.29 bits per heavy atom. The summed E-state index contributed by atoms with van der Waals surface area (Å²) < 4.78 is 2.07. The Morgan fingerprint density at radius 1 is 1.00 bits per heavy atom. The van der Waals surface area contributed by atoms with Gasteiger partial charge in [0.2, 0.25) is 0 Å². The molecule has 1 nitrogen and oxygen atoms in total. The van der Waals surface area contributed by atoms with Gasteiger partial charge in [-0.2, -0.15) is 0 Å². The Hall–Kier alpha value is -1.28. The van der Waals surface area contributed by atoms with E-state index < -0.39 is 0 Å². The molecule has 0 radical (unpaired) electrons. The molecule has 0 saturated heterocycles. The summed E-state index contributed by atoms with van der Waals surface area (Å²) in [7, 11) is 2.05. The van der Waals surface area contributed by atoms with Gasteiger partial charge in [0, 0.05) is 22.8 Å². The maximum atomic E-state index is 2.20. The SMILES string of the molecule is Cc1ccc(SCCc2cc[n+](C)cc2)cc1. The smallest absolute Gasteiger partial charge is 0.168 e. The van der Waals surface area contributed by atoms with Crippen molar-refractivity contribution in [3.8, 4) is 0 Å². The average molecular weight is 244 g/mol. The lowest BCUT2D eigenvalue weighted by atomic mass is 10.2. The molecule has 0 fully saturated rings. The molecule has 0 aliphatic carbocycles. The number of rotatable bonds is 4. The van der Waals surface area contributed by atoms with Crippen LogP contribution in [0.4, 0.5) is 0 Å². The van der Waals surface area contributed by atoms with Crippen molar-refractivity contribution in [2.45, 2.75) is 18.2 Å². The lowest BCUT2D eigenvalue weighted by molar-refractivity contribution is -0.671. The second kappa shape index (κ2) is 5.87. The number of pyridine rings is 1. The summed E-state index contributed by atoms with van der Waals surface area (Å²) in [6.07, 6.45) is 5.33. The lowest BCUT2D eigenvalue weighted by Gasteiger charge is -2.02. The van der Waals surface area contributed by atoms with Gasteiger partial charge in [-0.3, -0.25) is 0 Å². The van der Waals surface area contributed by atoms with Crippen LogP contribution in [0.2, 0.25) is 0 Å². The molecule has 0 bridgehead atoms. The molecule has 0 aliphatic rings. The lowest BCUT2D eigenvalue weighted by Crippen LogP contribution is -2.25. The highest BCUT2D eigenvalue weighted by Crippen LogP contribution is 2.19. The van der Waals surface area contributed by atoms with Gasteiger partial charge in [-0.1, -0.05) is 17.7 Å². The highest BCUT2D eigenvalue weighted by molar-refractivity contribution is 7.99. The normalized spacial score (nSPS) is 10.5. The van der Waals surface area contributed by atoms with Gasteiger partial charge in [-0.25, -0.2) is 4.57 Å². The van der Waals surface area contributed by atoms with E-state index in [4.69, 9.17) is 0 Å². The average Bonchev–Trinajstić information content (AvgIpc) is 2.34. The van der Waals surface area contributed by atoms with Crippen molar-refractivity contribution in [2.75, 3.05) is 5.75 Å². The molecule has 1 heterocycles. The van der Waals surface area contributed by atoms with E-state index >= 15 is 0 Å². The summed E-state index contributed by atoms with van der Waals surface area (Å²) in [6.45, 7) is 2.12. The monoisotopic (exact) mass is 244 g/mol. The second-order valence-electron chi connectivity index (χ2n) is 4.28. The van der Waals surface area contributed by atoms with Crippen LogP contribution in [0.5, 0.6) is 0 Å². The standard InChI is InChI=1S/C15H18NS/c1-13-3-5-15(6-4-13)17-12-9-14-7-10-16(2)11-8-14/h3-8,10-11H,9,12H2,1-2H3/q+1. The van der Waals surface area contributed by atoms with Crippen LogP contribution < -0.4 is 4.57 Å². The molecule has 17 heavy (non-hydrogen) atoms. The molecule has 0 spiro atoms. The van der Waals surface area contributed by atoms with Gasteiger partial charge < -0.3 is 0 Å². The summed E-state index contributed by atoms with van der Waals surface area (Å²) in [4.78, 5) is 1.36. The van der Waals surface area contributed by atoms with Crippen LogP contribution in [0.15, 0.2) is 53.7 Å². The third kappa shape index (κ3) is 3.90. The van der Waals surface area contributed by atoms with E-state index in [-0.39, 0.29) is 0 Å². The summed E-state index contributed by atoms with van der Waals surface area (Å²) in [6, 6.07) is 13.1. The molecule has 1 aromatic heterocycles. The third-order valence-electron chi connectivity index (χ3n) is 2.73. The minimum atomic E-state index is 1.12. The van der Waals surface area contributed by atoms with E-state index in [9.17, 15) is 0 Å². The quantitative estimate of drug-likeness (QED) is 0.590. The van der Waals surface area contributed by atoms with Gasteiger partial charge in [-0.05, 0) is 31.0 Å². The molecule has 88 valence electrons. The highest BCUT2D eigenvalue weighted by atomic mass is 32.2. The van der Waals surface area contributed by atoms with Crippen molar-refractivity contribution in [3.63, 3.8) is 0 Å². The molecular formula is C15H18NS+. The highest BCUT2D eigenvalue weighted by Gasteiger charge is 1.98. The van der Waals surface area contributed by atoms with Crippen LogP contribution in [0, 0.1) is 6.92 Å². The Bertz CT molecular complexity index is 414. The molecule has 0 saturated carbocycles. The maximum Gasteiger partial charge on any atom is 0.168 e. The first-order valence-electron chi connectivity index (χ1n) is 5.88. The van der Waals surface area contributed by atoms with Crippen molar-refractivity contribution in [1.82, 2.24) is 0 Å². The van der Waals surface area contributed by atoms with Gasteiger partial charge in [0.15, 0.2) is 12.4 Å². The minimum Gasteiger partial charge on any atom is -0.208 e. The number of hydrogen-bond donors (Lipinski definition) is 0. The van der Waals surface area contributed by atoms with E-state index in [2.05, 4.69) is 60.3 Å². The Morgan fingerprint density at radius 2 is 1.65 bits per heavy atom. The largest absolute Gasteiger partial charge is 0.208 e. The molecular weight excluding hydrogens is 226 g/mol. The van der Waals surface area contributed by atoms with Gasteiger partial charge in [-0.15, -0.1) is 11.8 Å². The second-order valence-corrected chi connectivity index (χ2v) is 5.45. The Labute approximate surface area is 108 Å². The summed E-state index contributed by atoms with van der Waals surface area (Å²) >= 11 is 1.92. The number of benzene rings is 1. The van der Waals surface area contributed by atoms with Gasteiger partial charge >= 0.3 is 0 Å². The molecule has 0 atom stereocenters. The molecule has 0 amide bonds. The van der Waals surface area contributed by atoms with Gasteiger partial charge in [0.1, 0.15) is 7.05 Å². The fourth-order valence-electron chi connectivity index (χ4n) is 1.62. The first-order valence-corrected chi connectivity index (χ1v) is 6.86. The van der Waals surface area contributed by atoms with E-state index in [0.29, 0.717) is 0 Å². The third-order valence-corrected chi connectivity index (χ3v) is 3.74. The molecule has 2 aromatic rings. The van der Waals surface area contributed by atoms with Gasteiger partial charge in [0.25, 0.3) is 0 Å². The number of thioether (sulfide) groups is 1.